The second-order valence-electron chi connectivity index (χ2n) is 5.27. The Labute approximate surface area is 145 Å². The van der Waals surface area contributed by atoms with Gasteiger partial charge in [-0.1, -0.05) is 0 Å². The van der Waals surface area contributed by atoms with E-state index in [9.17, 15) is 27.5 Å². The minimum Gasteiger partial charge on any atom is -0.496 e. The first-order valence-electron chi connectivity index (χ1n) is 7.20. The van der Waals surface area contributed by atoms with E-state index in [-0.39, 0.29) is 27.8 Å². The minimum absolute atomic E-state index is 0.0526. The van der Waals surface area contributed by atoms with Crippen molar-refractivity contribution in [2.75, 3.05) is 21.3 Å². The van der Waals surface area contributed by atoms with Crippen molar-refractivity contribution >= 4 is 11.6 Å². The largest absolute Gasteiger partial charge is 0.496 e. The molecule has 0 saturated carbocycles. The molecule has 144 valence electrons. The van der Waals surface area contributed by atoms with E-state index in [1.807, 2.05) is 0 Å². The Kier molecular flexibility index (Phi) is 5.59. The van der Waals surface area contributed by atoms with Crippen molar-refractivity contribution in [3.63, 3.8) is 0 Å². The molecular formula is C15H16F4N2O5. The van der Waals surface area contributed by atoms with E-state index in [2.05, 4.69) is 5.10 Å². The lowest BCUT2D eigenvalue weighted by Crippen LogP contribution is -2.51. The molecule has 1 aromatic carbocycles. The fourth-order valence-corrected chi connectivity index (χ4v) is 2.41. The van der Waals surface area contributed by atoms with Crippen LogP contribution in [0.1, 0.15) is 16.8 Å². The van der Waals surface area contributed by atoms with Gasteiger partial charge in [-0.05, 0) is 0 Å². The van der Waals surface area contributed by atoms with Crippen molar-refractivity contribution in [2.24, 2.45) is 5.10 Å². The van der Waals surface area contributed by atoms with Crippen LogP contribution in [0.15, 0.2) is 17.2 Å². The maximum absolute atomic E-state index is 13.3. The lowest BCUT2D eigenvalue weighted by Gasteiger charge is -2.30. The molecule has 1 amide bonds. The number of carbonyl (C=O) groups excluding carboxylic acids is 1. The van der Waals surface area contributed by atoms with Crippen LogP contribution in [0, 0.1) is 0 Å². The number of nitrogens with zero attached hydrogens (tertiary/aromatic N) is 2. The molecule has 1 aliphatic heterocycles. The number of hydrogen-bond donors (Lipinski definition) is 1. The van der Waals surface area contributed by atoms with Crippen molar-refractivity contribution in [2.45, 2.75) is 25.0 Å². The Morgan fingerprint density at radius 2 is 1.65 bits per heavy atom. The van der Waals surface area contributed by atoms with Gasteiger partial charge >= 0.3 is 0 Å². The smallest absolute Gasteiger partial charge is 0.287 e. The lowest BCUT2D eigenvalue weighted by atomic mass is 10.1. The van der Waals surface area contributed by atoms with Crippen LogP contribution in [-0.4, -0.2) is 61.6 Å². The molecule has 1 aliphatic rings. The summed E-state index contributed by atoms with van der Waals surface area (Å²) >= 11 is 0. The van der Waals surface area contributed by atoms with Crippen molar-refractivity contribution in [1.82, 2.24) is 5.01 Å². The van der Waals surface area contributed by atoms with Crippen LogP contribution in [0.5, 0.6) is 17.2 Å². The molecule has 0 aliphatic carbocycles. The number of alkyl halides is 4. The predicted molar refractivity (Wildman–Crippen MR) is 81.3 cm³/mol. The number of hydrazone groups is 1. The quantitative estimate of drug-likeness (QED) is 0.765. The maximum Gasteiger partial charge on any atom is 0.287 e. The van der Waals surface area contributed by atoms with Crippen LogP contribution in [0.4, 0.5) is 17.6 Å². The molecular weight excluding hydrogens is 364 g/mol. The highest BCUT2D eigenvalue weighted by atomic mass is 19.3. The monoisotopic (exact) mass is 380 g/mol. The first kappa shape index (κ1) is 19.8. The molecule has 7 nitrogen and oxygen atoms in total. The Morgan fingerprint density at radius 3 is 2.12 bits per heavy atom. The zero-order valence-corrected chi connectivity index (χ0v) is 14.0. The zero-order valence-electron chi connectivity index (χ0n) is 14.0. The molecule has 1 heterocycles. The summed E-state index contributed by atoms with van der Waals surface area (Å²) in [5.41, 5.74) is -4.55. The third kappa shape index (κ3) is 3.26. The van der Waals surface area contributed by atoms with Crippen molar-refractivity contribution in [1.29, 1.82) is 0 Å². The molecule has 1 N–H and O–H groups in total. The van der Waals surface area contributed by atoms with Gasteiger partial charge in [0.05, 0.1) is 26.9 Å². The van der Waals surface area contributed by atoms with E-state index < -0.39 is 36.6 Å². The number of halogens is 4. The number of methoxy groups -OCH3 is 3. The van der Waals surface area contributed by atoms with E-state index in [0.29, 0.717) is 0 Å². The van der Waals surface area contributed by atoms with Crippen molar-refractivity contribution in [3.05, 3.63) is 17.7 Å². The number of aliphatic hydroxyl groups is 1. The standard InChI is InChI=1S/C15H16F4N2O5/c1-24-9-5-11(26-3)10(25-2)4-7(9)13(22)21-15(23,14(18)19)6-8(20-21)12(16)17/h4-5,12,14,23H,6H2,1-3H3/t15-/m0/s1. The average Bonchev–Trinajstić information content (AvgIpc) is 2.99. The Morgan fingerprint density at radius 1 is 1.12 bits per heavy atom. The summed E-state index contributed by atoms with van der Waals surface area (Å²) in [7, 11) is 3.81. The summed E-state index contributed by atoms with van der Waals surface area (Å²) in [6.45, 7) is 0. The summed E-state index contributed by atoms with van der Waals surface area (Å²) in [5.74, 6) is -1.12. The van der Waals surface area contributed by atoms with Crippen LogP contribution in [0.25, 0.3) is 0 Å². The van der Waals surface area contributed by atoms with Gasteiger partial charge in [0, 0.05) is 18.6 Å². The molecule has 0 saturated heterocycles. The molecule has 0 spiro atoms. The number of benzene rings is 1. The topological polar surface area (TPSA) is 80.6 Å². The van der Waals surface area contributed by atoms with E-state index in [1.165, 1.54) is 27.4 Å². The van der Waals surface area contributed by atoms with Gasteiger partial charge in [0.1, 0.15) is 11.5 Å². The van der Waals surface area contributed by atoms with Gasteiger partial charge in [-0.15, -0.1) is 0 Å². The molecule has 0 fully saturated rings. The maximum atomic E-state index is 13.3. The van der Waals surface area contributed by atoms with Crippen molar-refractivity contribution < 1.29 is 41.7 Å². The fraction of sp³-hybridized carbons (Fsp3) is 0.467. The first-order chi connectivity index (χ1) is 12.2. The predicted octanol–water partition coefficient (Wildman–Crippen LogP) is 2.13. The Bertz CT molecular complexity index is 728. The Hall–Kier alpha value is -2.56. The van der Waals surface area contributed by atoms with Crippen LogP contribution >= 0.6 is 0 Å². The first-order valence-corrected chi connectivity index (χ1v) is 7.20. The van der Waals surface area contributed by atoms with Crippen LogP contribution in [0.3, 0.4) is 0 Å². The zero-order chi connectivity index (χ0) is 19.6. The minimum atomic E-state index is -3.53. The molecule has 0 aromatic heterocycles. The molecule has 0 unspecified atom stereocenters. The summed E-state index contributed by atoms with van der Waals surface area (Å²) in [5, 5.41) is 13.2. The Balaban J connectivity index is 2.55. The van der Waals surface area contributed by atoms with Gasteiger partial charge in [0.2, 0.25) is 5.72 Å². The van der Waals surface area contributed by atoms with Crippen LogP contribution in [-0.2, 0) is 0 Å². The lowest BCUT2D eigenvalue weighted by molar-refractivity contribution is -0.164. The van der Waals surface area contributed by atoms with Gasteiger partial charge < -0.3 is 19.3 Å². The van der Waals surface area contributed by atoms with E-state index in [4.69, 9.17) is 14.2 Å². The SMILES string of the molecule is COc1cc(OC)c(C(=O)N2N=C(C(F)F)C[C@]2(O)C(F)F)cc1OC. The van der Waals surface area contributed by atoms with Gasteiger partial charge in [-0.3, -0.25) is 4.79 Å². The van der Waals surface area contributed by atoms with E-state index in [1.54, 1.807) is 0 Å². The van der Waals surface area contributed by atoms with Crippen LogP contribution < -0.4 is 14.2 Å². The molecule has 0 bridgehead atoms. The molecule has 1 aromatic rings. The number of ether oxygens (including phenoxy) is 3. The average molecular weight is 380 g/mol. The van der Waals surface area contributed by atoms with Gasteiger partial charge in [-0.2, -0.15) is 10.1 Å². The molecule has 26 heavy (non-hydrogen) atoms. The van der Waals surface area contributed by atoms with Crippen LogP contribution in [0.2, 0.25) is 0 Å². The normalized spacial score (nSPS) is 19.8. The van der Waals surface area contributed by atoms with E-state index >= 15 is 0 Å². The van der Waals surface area contributed by atoms with Gasteiger partial charge in [0.15, 0.2) is 11.5 Å². The summed E-state index contributed by atoms with van der Waals surface area (Å²) in [6, 6.07) is 2.36. The number of hydrogen-bond acceptors (Lipinski definition) is 6. The highest BCUT2D eigenvalue weighted by Gasteiger charge is 2.53. The highest BCUT2D eigenvalue weighted by Crippen LogP contribution is 2.39. The fourth-order valence-electron chi connectivity index (χ4n) is 2.41. The number of amides is 1. The summed E-state index contributed by atoms with van der Waals surface area (Å²) in [4.78, 5) is 12.7. The van der Waals surface area contributed by atoms with E-state index in [0.717, 1.165) is 6.07 Å². The number of carbonyl (C=O) groups is 1. The summed E-state index contributed by atoms with van der Waals surface area (Å²) < 4.78 is 67.4. The second-order valence-corrected chi connectivity index (χ2v) is 5.27. The highest BCUT2D eigenvalue weighted by molar-refractivity contribution is 6.01. The third-order valence-electron chi connectivity index (χ3n) is 3.77. The van der Waals surface area contributed by atoms with Crippen molar-refractivity contribution in [3.8, 4) is 17.2 Å². The molecule has 1 atom stereocenters. The van der Waals surface area contributed by atoms with Gasteiger partial charge in [-0.25, -0.2) is 17.6 Å². The summed E-state index contributed by atoms with van der Waals surface area (Å²) in [6.07, 6.45) is -7.91. The molecule has 11 heteroatoms. The second kappa shape index (κ2) is 7.36. The third-order valence-corrected chi connectivity index (χ3v) is 3.77. The molecule has 0 radical (unpaired) electrons. The number of rotatable bonds is 6. The molecule has 2 rings (SSSR count). The van der Waals surface area contributed by atoms with Gasteiger partial charge in [0.25, 0.3) is 18.8 Å².